The average molecular weight is 181 g/mol. The highest BCUT2D eigenvalue weighted by molar-refractivity contribution is 7.10. The monoisotopic (exact) mass is 181 g/mol. The molecule has 0 bridgehead atoms. The van der Waals surface area contributed by atoms with E-state index in [-0.39, 0.29) is 0 Å². The molecule has 1 fully saturated rings. The fourth-order valence-corrected chi connectivity index (χ4v) is 2.39. The maximum atomic E-state index is 6.06. The Balaban J connectivity index is 1.97. The predicted molar refractivity (Wildman–Crippen MR) is 53.3 cm³/mol. The first-order valence-electron chi connectivity index (χ1n) is 4.56. The van der Waals surface area contributed by atoms with Gasteiger partial charge in [-0.05, 0) is 36.3 Å². The second-order valence-corrected chi connectivity index (χ2v) is 4.75. The zero-order chi connectivity index (χ0) is 8.55. The van der Waals surface area contributed by atoms with Crippen molar-refractivity contribution in [3.8, 4) is 0 Å². The molecule has 0 aliphatic heterocycles. The number of aryl methyl sites for hydroxylation is 1. The van der Waals surface area contributed by atoms with Gasteiger partial charge in [-0.1, -0.05) is 12.8 Å². The zero-order valence-electron chi connectivity index (χ0n) is 7.42. The number of nitrogens with two attached hydrogens (primary N) is 1. The average Bonchev–Trinajstić information content (AvgIpc) is 2.72. The number of hydrogen-bond acceptors (Lipinski definition) is 2. The van der Waals surface area contributed by atoms with E-state index in [0.717, 1.165) is 5.92 Å². The summed E-state index contributed by atoms with van der Waals surface area (Å²) < 4.78 is 0. The number of thiophene rings is 1. The lowest BCUT2D eigenvalue weighted by Crippen LogP contribution is -2.08. The van der Waals surface area contributed by atoms with Gasteiger partial charge in [-0.15, -0.1) is 11.3 Å². The van der Waals surface area contributed by atoms with Crippen molar-refractivity contribution in [2.45, 2.75) is 32.2 Å². The second-order valence-electron chi connectivity index (χ2n) is 3.81. The van der Waals surface area contributed by atoms with Crippen LogP contribution in [0.15, 0.2) is 11.4 Å². The molecule has 0 amide bonds. The van der Waals surface area contributed by atoms with Crippen LogP contribution >= 0.6 is 11.3 Å². The van der Waals surface area contributed by atoms with Crippen LogP contribution in [-0.2, 0) is 0 Å². The first-order valence-corrected chi connectivity index (χ1v) is 5.44. The van der Waals surface area contributed by atoms with Crippen LogP contribution in [0.25, 0.3) is 0 Å². The Morgan fingerprint density at radius 3 is 2.92 bits per heavy atom. The van der Waals surface area contributed by atoms with Gasteiger partial charge in [0.2, 0.25) is 0 Å². The molecule has 1 heterocycles. The van der Waals surface area contributed by atoms with Gasteiger partial charge in [-0.2, -0.15) is 0 Å². The van der Waals surface area contributed by atoms with E-state index in [4.69, 9.17) is 5.73 Å². The van der Waals surface area contributed by atoms with E-state index in [1.54, 1.807) is 11.3 Å². The highest BCUT2D eigenvalue weighted by atomic mass is 32.1. The molecule has 12 heavy (non-hydrogen) atoms. The van der Waals surface area contributed by atoms with E-state index in [2.05, 4.69) is 18.4 Å². The summed E-state index contributed by atoms with van der Waals surface area (Å²) in [6, 6.07) is 2.52. The van der Waals surface area contributed by atoms with Gasteiger partial charge in [0.15, 0.2) is 0 Å². The van der Waals surface area contributed by atoms with Crippen LogP contribution in [0.1, 0.15) is 35.7 Å². The SMILES string of the molecule is Cc1csc([C@@H](N)CC2CC2)c1. The summed E-state index contributed by atoms with van der Waals surface area (Å²) in [6.07, 6.45) is 4.00. The van der Waals surface area contributed by atoms with Crippen LogP contribution in [0, 0.1) is 12.8 Å². The molecule has 0 aromatic carbocycles. The molecule has 0 saturated heterocycles. The molecule has 2 N–H and O–H groups in total. The van der Waals surface area contributed by atoms with Crippen molar-refractivity contribution in [2.24, 2.45) is 11.7 Å². The molecule has 1 aromatic rings. The quantitative estimate of drug-likeness (QED) is 0.762. The lowest BCUT2D eigenvalue weighted by atomic mass is 10.1. The van der Waals surface area contributed by atoms with Crippen molar-refractivity contribution in [1.29, 1.82) is 0 Å². The Morgan fingerprint density at radius 1 is 1.67 bits per heavy atom. The number of hydrogen-bond donors (Lipinski definition) is 1. The lowest BCUT2D eigenvalue weighted by Gasteiger charge is -2.07. The molecule has 0 unspecified atom stereocenters. The zero-order valence-corrected chi connectivity index (χ0v) is 8.23. The van der Waals surface area contributed by atoms with Crippen molar-refractivity contribution >= 4 is 11.3 Å². The molecular formula is C10H15NS. The summed E-state index contributed by atoms with van der Waals surface area (Å²) in [5, 5.41) is 2.18. The molecule has 66 valence electrons. The van der Waals surface area contributed by atoms with E-state index < -0.39 is 0 Å². The summed E-state index contributed by atoms with van der Waals surface area (Å²) in [6.45, 7) is 2.13. The van der Waals surface area contributed by atoms with E-state index >= 15 is 0 Å². The fourth-order valence-electron chi connectivity index (χ4n) is 1.48. The largest absolute Gasteiger partial charge is 0.323 e. The minimum Gasteiger partial charge on any atom is -0.323 e. The Morgan fingerprint density at radius 2 is 2.42 bits per heavy atom. The van der Waals surface area contributed by atoms with E-state index in [9.17, 15) is 0 Å². The molecule has 1 saturated carbocycles. The van der Waals surface area contributed by atoms with Crippen LogP contribution in [0.2, 0.25) is 0 Å². The summed E-state index contributed by atoms with van der Waals surface area (Å²) in [7, 11) is 0. The van der Waals surface area contributed by atoms with Crippen LogP contribution in [0.3, 0.4) is 0 Å². The molecule has 1 aliphatic rings. The van der Waals surface area contributed by atoms with Crippen molar-refractivity contribution in [2.75, 3.05) is 0 Å². The van der Waals surface area contributed by atoms with Gasteiger partial charge < -0.3 is 5.73 Å². The Bertz CT molecular complexity index is 263. The summed E-state index contributed by atoms with van der Waals surface area (Å²) in [5.41, 5.74) is 7.41. The van der Waals surface area contributed by atoms with Crippen molar-refractivity contribution < 1.29 is 0 Å². The third-order valence-corrected chi connectivity index (χ3v) is 3.58. The highest BCUT2D eigenvalue weighted by Crippen LogP contribution is 2.37. The Labute approximate surface area is 77.6 Å². The molecule has 2 rings (SSSR count). The number of rotatable bonds is 3. The molecule has 0 spiro atoms. The van der Waals surface area contributed by atoms with Gasteiger partial charge >= 0.3 is 0 Å². The van der Waals surface area contributed by atoms with E-state index in [0.29, 0.717) is 6.04 Å². The Kier molecular flexibility index (Phi) is 2.20. The third kappa shape index (κ3) is 1.87. The normalized spacial score (nSPS) is 19.5. The minimum absolute atomic E-state index is 0.302. The third-order valence-electron chi connectivity index (χ3n) is 2.40. The van der Waals surface area contributed by atoms with Gasteiger partial charge in [0, 0.05) is 10.9 Å². The van der Waals surface area contributed by atoms with Crippen molar-refractivity contribution in [3.63, 3.8) is 0 Å². The molecule has 1 aliphatic carbocycles. The fraction of sp³-hybridized carbons (Fsp3) is 0.600. The molecular weight excluding hydrogens is 166 g/mol. The van der Waals surface area contributed by atoms with Gasteiger partial charge in [-0.25, -0.2) is 0 Å². The predicted octanol–water partition coefficient (Wildman–Crippen LogP) is 2.86. The van der Waals surface area contributed by atoms with Gasteiger partial charge in [0.05, 0.1) is 0 Å². The van der Waals surface area contributed by atoms with E-state index in [1.165, 1.54) is 29.7 Å². The molecule has 2 heteroatoms. The van der Waals surface area contributed by atoms with Gasteiger partial charge in [0.25, 0.3) is 0 Å². The summed E-state index contributed by atoms with van der Waals surface area (Å²) in [5.74, 6) is 0.933. The highest BCUT2D eigenvalue weighted by Gasteiger charge is 2.24. The second kappa shape index (κ2) is 3.19. The molecule has 1 atom stereocenters. The van der Waals surface area contributed by atoms with Crippen LogP contribution in [0.5, 0.6) is 0 Å². The first-order chi connectivity index (χ1) is 5.75. The van der Waals surface area contributed by atoms with Crippen molar-refractivity contribution in [1.82, 2.24) is 0 Å². The van der Waals surface area contributed by atoms with Crippen molar-refractivity contribution in [3.05, 3.63) is 21.9 Å². The molecule has 0 radical (unpaired) electrons. The molecule has 1 aromatic heterocycles. The van der Waals surface area contributed by atoms with Crippen LogP contribution < -0.4 is 5.73 Å². The Hall–Kier alpha value is -0.340. The standard InChI is InChI=1S/C10H15NS/c1-7-4-10(12-6-7)9(11)5-8-2-3-8/h4,6,8-9H,2-3,5,11H2,1H3/t9-/m0/s1. The maximum Gasteiger partial charge on any atom is 0.0392 e. The summed E-state index contributed by atoms with van der Waals surface area (Å²) >= 11 is 1.80. The van der Waals surface area contributed by atoms with Crippen LogP contribution in [0.4, 0.5) is 0 Å². The summed E-state index contributed by atoms with van der Waals surface area (Å²) in [4.78, 5) is 1.36. The lowest BCUT2D eigenvalue weighted by molar-refractivity contribution is 0.605. The minimum atomic E-state index is 0.302. The smallest absolute Gasteiger partial charge is 0.0392 e. The van der Waals surface area contributed by atoms with Gasteiger partial charge in [0.1, 0.15) is 0 Å². The van der Waals surface area contributed by atoms with Crippen LogP contribution in [-0.4, -0.2) is 0 Å². The first kappa shape index (κ1) is 8.27. The molecule has 1 nitrogen and oxygen atoms in total. The van der Waals surface area contributed by atoms with Gasteiger partial charge in [-0.3, -0.25) is 0 Å². The van der Waals surface area contributed by atoms with E-state index in [1.807, 2.05) is 0 Å². The maximum absolute atomic E-state index is 6.06. The topological polar surface area (TPSA) is 26.0 Å².